The second-order valence-corrected chi connectivity index (χ2v) is 7.85. The molecule has 1 aromatic carbocycles. The molecule has 2 fully saturated rings. The summed E-state index contributed by atoms with van der Waals surface area (Å²) in [6.45, 7) is 7.58. The number of aliphatic imine (C=N–C) groups is 1. The SMILES string of the molecule is CCNC(=NCc1cccc(CN2CCCC2=O)c1)N(C)CCOCC1CC1. The number of nitrogens with one attached hydrogen (secondary N) is 1. The van der Waals surface area contributed by atoms with E-state index < -0.39 is 0 Å². The summed E-state index contributed by atoms with van der Waals surface area (Å²) in [4.78, 5) is 20.7. The fourth-order valence-corrected chi connectivity index (χ4v) is 3.40. The van der Waals surface area contributed by atoms with E-state index >= 15 is 0 Å². The largest absolute Gasteiger partial charge is 0.379 e. The van der Waals surface area contributed by atoms with Gasteiger partial charge in [-0.15, -0.1) is 0 Å². The minimum absolute atomic E-state index is 0.267. The highest BCUT2D eigenvalue weighted by Crippen LogP contribution is 2.28. The molecular weight excluding hydrogens is 352 g/mol. The van der Waals surface area contributed by atoms with E-state index in [1.54, 1.807) is 0 Å². The lowest BCUT2D eigenvalue weighted by Gasteiger charge is -2.22. The zero-order valence-corrected chi connectivity index (χ0v) is 17.3. The number of likely N-dealkylation sites (tertiary alicyclic amines) is 1. The average Bonchev–Trinajstić information content (AvgIpc) is 3.44. The Morgan fingerprint density at radius 2 is 2.18 bits per heavy atom. The molecule has 1 aliphatic heterocycles. The van der Waals surface area contributed by atoms with Gasteiger partial charge in [-0.3, -0.25) is 4.79 Å². The molecule has 0 radical (unpaired) electrons. The van der Waals surface area contributed by atoms with Crippen LogP contribution in [0.2, 0.25) is 0 Å². The van der Waals surface area contributed by atoms with Crippen LogP contribution in [0.25, 0.3) is 0 Å². The van der Waals surface area contributed by atoms with Gasteiger partial charge in [0.15, 0.2) is 5.96 Å². The topological polar surface area (TPSA) is 57.2 Å². The quantitative estimate of drug-likeness (QED) is 0.382. The van der Waals surface area contributed by atoms with Crippen molar-refractivity contribution in [2.75, 3.05) is 39.9 Å². The molecule has 6 nitrogen and oxygen atoms in total. The van der Waals surface area contributed by atoms with E-state index in [-0.39, 0.29) is 5.91 Å². The summed E-state index contributed by atoms with van der Waals surface area (Å²) in [5.74, 6) is 1.97. The van der Waals surface area contributed by atoms with Crippen molar-refractivity contribution < 1.29 is 9.53 Å². The van der Waals surface area contributed by atoms with Gasteiger partial charge < -0.3 is 19.9 Å². The summed E-state index contributed by atoms with van der Waals surface area (Å²) >= 11 is 0. The first-order valence-electron chi connectivity index (χ1n) is 10.6. The van der Waals surface area contributed by atoms with Gasteiger partial charge >= 0.3 is 0 Å². The Morgan fingerprint density at radius 3 is 2.89 bits per heavy atom. The third-order valence-electron chi connectivity index (χ3n) is 5.27. The zero-order valence-electron chi connectivity index (χ0n) is 17.3. The number of rotatable bonds is 10. The molecule has 6 heteroatoms. The molecule has 0 aromatic heterocycles. The van der Waals surface area contributed by atoms with E-state index in [2.05, 4.69) is 48.5 Å². The summed E-state index contributed by atoms with van der Waals surface area (Å²) in [5.41, 5.74) is 2.34. The predicted molar refractivity (Wildman–Crippen MR) is 112 cm³/mol. The lowest BCUT2D eigenvalue weighted by Crippen LogP contribution is -2.40. The van der Waals surface area contributed by atoms with Gasteiger partial charge in [0.25, 0.3) is 0 Å². The Bertz CT molecular complexity index is 672. The zero-order chi connectivity index (χ0) is 19.8. The van der Waals surface area contributed by atoms with Gasteiger partial charge in [0, 0.05) is 46.3 Å². The number of nitrogens with zero attached hydrogens (tertiary/aromatic N) is 3. The summed E-state index contributed by atoms with van der Waals surface area (Å²) in [6.07, 6.45) is 4.31. The number of ether oxygens (including phenoxy) is 1. The maximum atomic E-state index is 11.9. The normalized spacial score (nSPS) is 17.3. The van der Waals surface area contributed by atoms with Gasteiger partial charge in [0.1, 0.15) is 0 Å². The molecule has 1 aliphatic carbocycles. The fourth-order valence-electron chi connectivity index (χ4n) is 3.40. The van der Waals surface area contributed by atoms with Gasteiger partial charge in [-0.1, -0.05) is 24.3 Å². The van der Waals surface area contributed by atoms with Crippen molar-refractivity contribution >= 4 is 11.9 Å². The Kier molecular flexibility index (Phi) is 7.71. The van der Waals surface area contributed by atoms with Crippen LogP contribution in [-0.4, -0.2) is 61.6 Å². The third-order valence-corrected chi connectivity index (χ3v) is 5.27. The number of hydrogen-bond acceptors (Lipinski definition) is 3. The smallest absolute Gasteiger partial charge is 0.222 e. The Hall–Kier alpha value is -2.08. The molecule has 1 N–H and O–H groups in total. The summed E-state index contributed by atoms with van der Waals surface area (Å²) in [7, 11) is 2.05. The van der Waals surface area contributed by atoms with Crippen LogP contribution in [0, 0.1) is 5.92 Å². The molecular formula is C22H34N4O2. The van der Waals surface area contributed by atoms with Crippen molar-refractivity contribution in [3.05, 3.63) is 35.4 Å². The second kappa shape index (κ2) is 10.5. The van der Waals surface area contributed by atoms with E-state index in [1.165, 1.54) is 18.4 Å². The van der Waals surface area contributed by atoms with E-state index in [0.29, 0.717) is 19.5 Å². The second-order valence-electron chi connectivity index (χ2n) is 7.85. The van der Waals surface area contributed by atoms with Crippen molar-refractivity contribution in [1.82, 2.24) is 15.1 Å². The van der Waals surface area contributed by atoms with Crippen LogP contribution in [0.15, 0.2) is 29.3 Å². The van der Waals surface area contributed by atoms with Crippen LogP contribution in [0.4, 0.5) is 0 Å². The van der Waals surface area contributed by atoms with Gasteiger partial charge in [0.05, 0.1) is 13.2 Å². The number of carbonyl (C=O) groups excluding carboxylic acids is 1. The van der Waals surface area contributed by atoms with Gasteiger partial charge in [0.2, 0.25) is 5.91 Å². The van der Waals surface area contributed by atoms with Crippen molar-refractivity contribution in [1.29, 1.82) is 0 Å². The molecule has 3 rings (SSSR count). The summed E-state index contributed by atoms with van der Waals surface area (Å²) in [5, 5.41) is 3.36. The number of likely N-dealkylation sites (N-methyl/N-ethyl adjacent to an activating group) is 1. The van der Waals surface area contributed by atoms with E-state index in [9.17, 15) is 4.79 Å². The van der Waals surface area contributed by atoms with Crippen molar-refractivity contribution in [2.24, 2.45) is 10.9 Å². The highest BCUT2D eigenvalue weighted by molar-refractivity contribution is 5.79. The third kappa shape index (κ3) is 6.51. The first kappa shape index (κ1) is 20.6. The number of amides is 1. The van der Waals surface area contributed by atoms with Crippen molar-refractivity contribution in [3.8, 4) is 0 Å². The number of benzene rings is 1. The van der Waals surface area contributed by atoms with E-state index in [0.717, 1.165) is 56.7 Å². The maximum Gasteiger partial charge on any atom is 0.222 e. The molecule has 1 heterocycles. The monoisotopic (exact) mass is 386 g/mol. The number of hydrogen-bond donors (Lipinski definition) is 1. The minimum atomic E-state index is 0.267. The molecule has 0 atom stereocenters. The molecule has 0 unspecified atom stereocenters. The van der Waals surface area contributed by atoms with Crippen LogP contribution >= 0.6 is 0 Å². The molecule has 1 amide bonds. The molecule has 0 bridgehead atoms. The highest BCUT2D eigenvalue weighted by Gasteiger charge is 2.21. The molecule has 1 aromatic rings. The molecule has 28 heavy (non-hydrogen) atoms. The van der Waals surface area contributed by atoms with E-state index in [1.807, 2.05) is 4.90 Å². The van der Waals surface area contributed by atoms with Gasteiger partial charge in [-0.2, -0.15) is 0 Å². The Morgan fingerprint density at radius 1 is 1.36 bits per heavy atom. The Balaban J connectivity index is 1.52. The number of carbonyl (C=O) groups is 1. The summed E-state index contributed by atoms with van der Waals surface area (Å²) < 4.78 is 5.75. The van der Waals surface area contributed by atoms with Gasteiger partial charge in [-0.05, 0) is 43.2 Å². The van der Waals surface area contributed by atoms with Crippen molar-refractivity contribution in [3.63, 3.8) is 0 Å². The molecule has 0 spiro atoms. The molecule has 1 saturated heterocycles. The van der Waals surface area contributed by atoms with Gasteiger partial charge in [-0.25, -0.2) is 4.99 Å². The van der Waals surface area contributed by atoms with Crippen LogP contribution < -0.4 is 5.32 Å². The fraction of sp³-hybridized carbons (Fsp3) is 0.636. The average molecular weight is 387 g/mol. The predicted octanol–water partition coefficient (Wildman–Crippen LogP) is 2.63. The molecule has 1 saturated carbocycles. The standard InChI is InChI=1S/C22H34N4O2/c1-3-23-22(25(2)12-13-28-17-18-9-10-18)24-15-19-6-4-7-20(14-19)16-26-11-5-8-21(26)27/h4,6-7,14,18H,3,5,8-13,15-17H2,1-2H3,(H,23,24). The Labute approximate surface area is 168 Å². The molecule has 154 valence electrons. The lowest BCUT2D eigenvalue weighted by atomic mass is 10.1. The minimum Gasteiger partial charge on any atom is -0.379 e. The van der Waals surface area contributed by atoms with Crippen LogP contribution in [0.3, 0.4) is 0 Å². The van der Waals surface area contributed by atoms with Crippen LogP contribution in [0.5, 0.6) is 0 Å². The molecule has 2 aliphatic rings. The first-order valence-corrected chi connectivity index (χ1v) is 10.6. The lowest BCUT2D eigenvalue weighted by molar-refractivity contribution is -0.128. The highest BCUT2D eigenvalue weighted by atomic mass is 16.5. The maximum absolute atomic E-state index is 11.9. The summed E-state index contributed by atoms with van der Waals surface area (Å²) in [6, 6.07) is 8.41. The van der Waals surface area contributed by atoms with Crippen LogP contribution in [0.1, 0.15) is 43.7 Å². The first-order chi connectivity index (χ1) is 13.7. The van der Waals surface area contributed by atoms with E-state index in [4.69, 9.17) is 9.73 Å². The van der Waals surface area contributed by atoms with Crippen LogP contribution in [-0.2, 0) is 22.6 Å². The number of guanidine groups is 1. The van der Waals surface area contributed by atoms with Crippen molar-refractivity contribution in [2.45, 2.75) is 45.7 Å².